The van der Waals surface area contributed by atoms with Crippen LogP contribution in [0, 0.1) is 0 Å². The Balaban J connectivity index is -0.000000793. The molecule has 0 amide bonds. The molecule has 0 aliphatic carbocycles. The molecule has 0 fully saturated rings. The van der Waals surface area contributed by atoms with Crippen molar-refractivity contribution in [3.8, 4) is 0 Å². The first-order valence-electron chi connectivity index (χ1n) is 10.0. The maximum Gasteiger partial charge on any atom is 0.522 e. The molecule has 0 heterocycles. The van der Waals surface area contributed by atoms with E-state index in [1.165, 1.54) is 0 Å². The van der Waals surface area contributed by atoms with E-state index in [0.29, 0.717) is 20.6 Å². The van der Waals surface area contributed by atoms with E-state index in [2.05, 4.69) is 100 Å². The molecule has 4 nitrogen and oxygen atoms in total. The molecule has 1 N–H and O–H groups in total. The largest absolute Gasteiger partial charge is 0.665 e. The number of halogens is 3. The summed E-state index contributed by atoms with van der Waals surface area (Å²) in [4.78, 5) is 0. The zero-order valence-corrected chi connectivity index (χ0v) is 26.5. The Labute approximate surface area is 211 Å². The van der Waals surface area contributed by atoms with Crippen molar-refractivity contribution in [2.24, 2.45) is 0 Å². The van der Waals surface area contributed by atoms with Crippen molar-refractivity contribution in [3.63, 3.8) is 0 Å². The fourth-order valence-electron chi connectivity index (χ4n) is 3.53. The third-order valence-electron chi connectivity index (χ3n) is 4.18. The first kappa shape index (κ1) is 37.1. The molecule has 0 aliphatic rings. The second-order valence-electron chi connectivity index (χ2n) is 11.5. The first-order valence-corrected chi connectivity index (χ1v) is 14.6. The minimum Gasteiger partial charge on any atom is -0.665 e. The van der Waals surface area contributed by atoms with Gasteiger partial charge in [0, 0.05) is 48.5 Å². The normalized spacial score (nSPS) is 14.6. The van der Waals surface area contributed by atoms with Crippen molar-refractivity contribution in [2.45, 2.75) is 109 Å². The van der Waals surface area contributed by atoms with Crippen LogP contribution in [0.4, 0.5) is 13.2 Å². The summed E-state index contributed by atoms with van der Waals surface area (Å²) >= 11 is 0. The Morgan fingerprint density at radius 3 is 0.969 bits per heavy atom. The van der Waals surface area contributed by atoms with Crippen LogP contribution in [0.3, 0.4) is 0 Å². The predicted molar refractivity (Wildman–Crippen MR) is 135 cm³/mol. The van der Waals surface area contributed by atoms with Crippen LogP contribution in [0.1, 0.15) is 83.1 Å². The van der Waals surface area contributed by atoms with Crippen LogP contribution < -0.4 is 0 Å². The van der Waals surface area contributed by atoms with Gasteiger partial charge < -0.3 is 5.32 Å². The third-order valence-corrected chi connectivity index (χ3v) is 12.2. The molecule has 196 valence electrons. The van der Waals surface area contributed by atoms with Gasteiger partial charge in [-0.3, -0.25) is 4.55 Å². The molecule has 0 saturated heterocycles. The van der Waals surface area contributed by atoms with Crippen molar-refractivity contribution < 1.29 is 47.2 Å². The topological polar surface area (TPSA) is 68.5 Å². The van der Waals surface area contributed by atoms with Crippen LogP contribution in [0.25, 0.3) is 5.32 Å². The summed E-state index contributed by atoms with van der Waals surface area (Å²) < 4.78 is 57.5. The monoisotopic (exact) mass is 703 g/mol. The minimum atomic E-state index is -5.84. The number of rotatable bonds is 4. The van der Waals surface area contributed by atoms with Gasteiger partial charge in [-0.1, -0.05) is 0 Å². The van der Waals surface area contributed by atoms with Crippen LogP contribution in [-0.2, 0) is 31.2 Å². The third kappa shape index (κ3) is 15.4. The van der Waals surface area contributed by atoms with Gasteiger partial charge >= 0.3 is 15.6 Å². The van der Waals surface area contributed by atoms with Gasteiger partial charge in [-0.25, -0.2) is 0 Å². The van der Waals surface area contributed by atoms with Crippen molar-refractivity contribution in [1.82, 2.24) is 0 Å². The van der Waals surface area contributed by atoms with Crippen LogP contribution in [0.5, 0.6) is 0 Å². The quantitative estimate of drug-likeness (QED) is 0.182. The Kier molecular flexibility index (Phi) is 15.1. The molecule has 0 aromatic carbocycles. The summed E-state index contributed by atoms with van der Waals surface area (Å²) in [6.07, 6.45) is 4.10. The van der Waals surface area contributed by atoms with Crippen LogP contribution >= 0.6 is 15.8 Å². The SMILES string of the molecule is CC(C)(C)[PH+](/C=C\[N-]/C=C\[PH+](C(C)(C)C)C(C)(C)C)C(C)(C)C.O=S(=O)(O)C(F)(F)F.[Pt]. The molecule has 0 spiro atoms. The van der Waals surface area contributed by atoms with E-state index in [1.807, 2.05) is 12.4 Å². The van der Waals surface area contributed by atoms with Crippen LogP contribution in [0.2, 0.25) is 0 Å². The zero-order valence-electron chi connectivity index (χ0n) is 21.4. The molecule has 0 aromatic heterocycles. The van der Waals surface area contributed by atoms with Gasteiger partial charge in [-0.2, -0.15) is 21.6 Å². The van der Waals surface area contributed by atoms with Gasteiger partial charge in [-0.15, -0.1) is 12.4 Å². The fourth-order valence-corrected chi connectivity index (χ4v) is 10.5. The fraction of sp³-hybridized carbons (Fsp3) is 0.810. The van der Waals surface area contributed by atoms with E-state index >= 15 is 0 Å². The van der Waals surface area contributed by atoms with E-state index in [4.69, 9.17) is 13.0 Å². The summed E-state index contributed by atoms with van der Waals surface area (Å²) in [5.41, 5.74) is -5.53. The molecule has 0 aliphatic heterocycles. The number of hydrogen-bond donors (Lipinski definition) is 1. The summed E-state index contributed by atoms with van der Waals surface area (Å²) in [5.74, 6) is 4.77. The van der Waals surface area contributed by atoms with E-state index in [0.717, 1.165) is 0 Å². The smallest absolute Gasteiger partial charge is 0.522 e. The molecular weight excluding hydrogens is 660 g/mol. The number of alkyl halides is 3. The molecule has 0 rings (SSSR count). The molecule has 0 unspecified atom stereocenters. The van der Waals surface area contributed by atoms with E-state index in [1.54, 1.807) is 0 Å². The van der Waals surface area contributed by atoms with Gasteiger partial charge in [0.05, 0.1) is 20.6 Å². The van der Waals surface area contributed by atoms with Crippen molar-refractivity contribution in [2.75, 3.05) is 0 Å². The summed E-state index contributed by atoms with van der Waals surface area (Å²) in [6, 6.07) is 0. The standard InChI is InChI=1S/C20H40NP2.CHF3O3S.Pt/c1-17(2,3)22(18(4,5)6)15-13-21-14-16-23(19(7,8)9)20(10,11)12;2-1(3,4)8(5,6)7;/h13-16H,1-12H3;(H,5,6,7);/q-1;;/p+2/b15-13-,16-14-;;. The van der Waals surface area contributed by atoms with Gasteiger partial charge in [0.2, 0.25) is 0 Å². The van der Waals surface area contributed by atoms with Crippen LogP contribution in [0.15, 0.2) is 24.0 Å². The summed E-state index contributed by atoms with van der Waals surface area (Å²) in [7, 11) is -7.10. The van der Waals surface area contributed by atoms with Crippen LogP contribution in [-0.4, -0.2) is 39.1 Å². The van der Waals surface area contributed by atoms with E-state index in [-0.39, 0.29) is 21.1 Å². The maximum atomic E-state index is 10.7. The summed E-state index contributed by atoms with van der Waals surface area (Å²) in [6.45, 7) is 28.3. The molecule has 32 heavy (non-hydrogen) atoms. The molecular formula is C21H43F3NO3P2PtS+. The molecule has 0 radical (unpaired) electrons. The van der Waals surface area contributed by atoms with Gasteiger partial charge in [0.1, 0.15) is 0 Å². The predicted octanol–water partition coefficient (Wildman–Crippen LogP) is 8.32. The second kappa shape index (κ2) is 13.0. The number of nitrogens with zero attached hydrogens (tertiary/aromatic N) is 1. The van der Waals surface area contributed by atoms with Crippen molar-refractivity contribution in [1.29, 1.82) is 0 Å². The van der Waals surface area contributed by atoms with E-state index < -0.39 is 31.5 Å². The summed E-state index contributed by atoms with van der Waals surface area (Å²) in [5, 5.41) is 6.00. The zero-order chi connectivity index (χ0) is 25.7. The van der Waals surface area contributed by atoms with Crippen molar-refractivity contribution in [3.05, 3.63) is 29.4 Å². The maximum absolute atomic E-state index is 10.7. The van der Waals surface area contributed by atoms with Crippen molar-refractivity contribution >= 4 is 26.0 Å². The molecule has 0 atom stereocenters. The Bertz CT molecular complexity index is 645. The molecule has 0 saturated carbocycles. The average Bonchev–Trinajstić information content (AvgIpc) is 2.38. The molecule has 0 aromatic rings. The second-order valence-corrected chi connectivity index (χ2v) is 21.3. The van der Waals surface area contributed by atoms with E-state index in [9.17, 15) is 13.2 Å². The number of hydrogen-bond acceptors (Lipinski definition) is 2. The molecule has 0 bridgehead atoms. The van der Waals surface area contributed by atoms with Gasteiger partial charge in [0.15, 0.2) is 0 Å². The Morgan fingerprint density at radius 1 is 0.656 bits per heavy atom. The first-order chi connectivity index (χ1) is 13.2. The average molecular weight is 704 g/mol. The Hall–Kier alpha value is 0.528. The van der Waals surface area contributed by atoms with Gasteiger partial charge in [-0.05, 0) is 83.1 Å². The Morgan fingerprint density at radius 2 is 0.844 bits per heavy atom. The molecule has 11 heteroatoms. The minimum absolute atomic E-state index is 0. The van der Waals surface area contributed by atoms with Gasteiger partial charge in [0.25, 0.3) is 0 Å².